The fraction of sp³-hybridized carbons (Fsp3) is 0.432. The van der Waals surface area contributed by atoms with Crippen molar-refractivity contribution in [2.75, 3.05) is 0 Å². The van der Waals surface area contributed by atoms with Crippen LogP contribution in [0.4, 0.5) is 0 Å². The number of aryl methyl sites for hydroxylation is 2. The Bertz CT molecular complexity index is 1820. The number of furan rings is 1. The molecule has 0 saturated heterocycles. The Morgan fingerprint density at radius 1 is 0.846 bits per heavy atom. The molecule has 1 saturated carbocycles. The number of hydrogen-bond acceptors (Lipinski definition) is 1. The average molecular weight is 518 g/mol. The lowest BCUT2D eigenvalue weighted by Crippen LogP contribution is -2.34. The maximum absolute atomic E-state index is 9.14. The normalized spacial score (nSPS) is 20.3. The van der Waals surface area contributed by atoms with E-state index in [9.17, 15) is 0 Å². The first-order chi connectivity index (χ1) is 19.0. The van der Waals surface area contributed by atoms with Crippen LogP contribution in [0.3, 0.4) is 0 Å². The first kappa shape index (κ1) is 23.7. The topological polar surface area (TPSA) is 17.0 Å². The van der Waals surface area contributed by atoms with Gasteiger partial charge in [0.15, 0.2) is 6.20 Å². The van der Waals surface area contributed by atoms with Crippen molar-refractivity contribution in [3.8, 4) is 11.3 Å². The van der Waals surface area contributed by atoms with Crippen molar-refractivity contribution in [1.82, 2.24) is 0 Å². The van der Waals surface area contributed by atoms with Gasteiger partial charge in [-0.2, -0.15) is 0 Å². The van der Waals surface area contributed by atoms with Crippen LogP contribution in [0.1, 0.15) is 102 Å². The van der Waals surface area contributed by atoms with Gasteiger partial charge in [-0.1, -0.05) is 71.2 Å². The van der Waals surface area contributed by atoms with E-state index in [4.69, 9.17) is 5.79 Å². The Kier molecular flexibility index (Phi) is 5.28. The number of rotatable bonds is 2. The van der Waals surface area contributed by atoms with E-state index in [1.54, 1.807) is 0 Å². The highest BCUT2D eigenvalue weighted by molar-refractivity contribution is 6.13. The lowest BCUT2D eigenvalue weighted by molar-refractivity contribution is -0.660. The molecule has 39 heavy (non-hydrogen) atoms. The molecule has 3 aromatic carbocycles. The van der Waals surface area contributed by atoms with Gasteiger partial charge in [0.1, 0.15) is 18.2 Å². The van der Waals surface area contributed by atoms with Crippen LogP contribution in [0, 0.1) is 6.92 Å². The van der Waals surface area contributed by atoms with Gasteiger partial charge in [0.2, 0.25) is 5.69 Å². The molecule has 0 radical (unpaired) electrons. The summed E-state index contributed by atoms with van der Waals surface area (Å²) in [5.74, 6) is -0.462. The van der Waals surface area contributed by atoms with Crippen LogP contribution >= 0.6 is 0 Å². The molecule has 7 rings (SSSR count). The van der Waals surface area contributed by atoms with Crippen LogP contribution < -0.4 is 4.57 Å². The molecule has 0 atom stereocenters. The summed E-state index contributed by atoms with van der Waals surface area (Å²) in [6, 6.07) is 18.3. The molecule has 2 nitrogen and oxygen atoms in total. The van der Waals surface area contributed by atoms with Crippen molar-refractivity contribution < 1.29 is 10.4 Å². The maximum atomic E-state index is 9.14. The van der Waals surface area contributed by atoms with Crippen LogP contribution in [0.2, 0.25) is 0 Å². The molecule has 200 valence electrons. The summed E-state index contributed by atoms with van der Waals surface area (Å²) in [7, 11) is 2.12. The van der Waals surface area contributed by atoms with Crippen LogP contribution in [0.25, 0.3) is 44.0 Å². The molecule has 0 amide bonds. The van der Waals surface area contributed by atoms with E-state index in [0.717, 1.165) is 53.7 Å². The lowest BCUT2D eigenvalue weighted by atomic mass is 9.62. The highest BCUT2D eigenvalue weighted by Crippen LogP contribution is 2.49. The van der Waals surface area contributed by atoms with E-state index in [1.807, 2.05) is 0 Å². The maximum Gasteiger partial charge on any atom is 0.216 e. The first-order valence-electron chi connectivity index (χ1n) is 15.4. The van der Waals surface area contributed by atoms with Crippen LogP contribution in [0.5, 0.6) is 0 Å². The average Bonchev–Trinajstić information content (AvgIpc) is 3.27. The summed E-state index contributed by atoms with van der Waals surface area (Å²) in [6.07, 6.45) is 10.1. The smallest absolute Gasteiger partial charge is 0.216 e. The van der Waals surface area contributed by atoms with Gasteiger partial charge in [-0.05, 0) is 95.0 Å². The summed E-state index contributed by atoms with van der Waals surface area (Å²) in [6.45, 7) is 11.8. The summed E-state index contributed by atoms with van der Waals surface area (Å²) < 4.78 is 18.2. The number of fused-ring (bicyclic) bond motifs is 6. The standard InChI is InChI=1S/C37H42NO/c1-23-12-15-27-29-20-25-13-16-30-34(37(4,5)19-18-36(30,2)3)28(25)21-32(29)39-35(27)33(23)31-17-14-26(22-38(31)6)24-10-8-7-9-11-24/h12-17,20-22,24H,7-11,18-19H2,1-6H3/q+1/i24D. The summed E-state index contributed by atoms with van der Waals surface area (Å²) in [5, 5.41) is 4.99. The molecule has 0 N–H and O–H groups in total. The third-order valence-corrected chi connectivity index (χ3v) is 10.0. The predicted molar refractivity (Wildman–Crippen MR) is 164 cm³/mol. The van der Waals surface area contributed by atoms with E-state index in [-0.39, 0.29) is 10.8 Å². The minimum atomic E-state index is -0.462. The van der Waals surface area contributed by atoms with Crippen molar-refractivity contribution in [2.45, 2.75) is 96.3 Å². The Hall–Kier alpha value is -3.13. The molecular weight excluding hydrogens is 474 g/mol. The molecule has 2 aliphatic rings. The zero-order valence-electron chi connectivity index (χ0n) is 25.5. The molecule has 0 spiro atoms. The van der Waals surface area contributed by atoms with E-state index < -0.39 is 5.89 Å². The number of benzene rings is 3. The van der Waals surface area contributed by atoms with Crippen molar-refractivity contribution >= 4 is 32.7 Å². The molecule has 2 aliphatic carbocycles. The van der Waals surface area contributed by atoms with E-state index in [0.29, 0.717) is 0 Å². The Balaban J connectivity index is 1.44. The van der Waals surface area contributed by atoms with Gasteiger partial charge in [0.25, 0.3) is 0 Å². The molecule has 0 unspecified atom stereocenters. The van der Waals surface area contributed by atoms with E-state index in [1.165, 1.54) is 57.5 Å². The van der Waals surface area contributed by atoms with Gasteiger partial charge >= 0.3 is 0 Å². The Morgan fingerprint density at radius 3 is 2.38 bits per heavy atom. The number of hydrogen-bond donors (Lipinski definition) is 0. The SMILES string of the molecule is [2H]C1(c2ccc(-c3c(C)ccc4c3oc3cc5c6c(ccc5cc34)C(C)(C)CCC6(C)C)[n+](C)c2)CCCCC1. The predicted octanol–water partition coefficient (Wildman–Crippen LogP) is 9.94. The minimum absolute atomic E-state index is 0.134. The van der Waals surface area contributed by atoms with Crippen LogP contribution in [0.15, 0.2) is 59.1 Å². The van der Waals surface area contributed by atoms with Crippen molar-refractivity contribution in [1.29, 1.82) is 0 Å². The molecule has 2 heterocycles. The van der Waals surface area contributed by atoms with Crippen molar-refractivity contribution in [3.05, 3.63) is 77.0 Å². The fourth-order valence-electron chi connectivity index (χ4n) is 7.60. The fourth-order valence-corrected chi connectivity index (χ4v) is 7.60. The molecule has 5 aromatic rings. The molecule has 2 aromatic heterocycles. The summed E-state index contributed by atoms with van der Waals surface area (Å²) >= 11 is 0. The number of pyridine rings is 1. The van der Waals surface area contributed by atoms with E-state index in [2.05, 4.69) is 101 Å². The zero-order valence-corrected chi connectivity index (χ0v) is 24.5. The zero-order chi connectivity index (χ0) is 28.0. The number of nitrogens with zero attached hydrogens (tertiary/aromatic N) is 1. The van der Waals surface area contributed by atoms with Gasteiger partial charge in [-0.15, -0.1) is 0 Å². The highest BCUT2D eigenvalue weighted by atomic mass is 16.3. The highest BCUT2D eigenvalue weighted by Gasteiger charge is 2.38. The largest absolute Gasteiger partial charge is 0.455 e. The van der Waals surface area contributed by atoms with E-state index >= 15 is 0 Å². The third kappa shape index (κ3) is 3.85. The number of aromatic nitrogens is 1. The van der Waals surface area contributed by atoms with Crippen LogP contribution in [-0.4, -0.2) is 0 Å². The van der Waals surface area contributed by atoms with Gasteiger partial charge in [-0.3, -0.25) is 0 Å². The molecule has 0 aliphatic heterocycles. The molecular formula is C37H42NO+. The second-order valence-electron chi connectivity index (χ2n) is 13.6. The quantitative estimate of drug-likeness (QED) is 0.213. The monoisotopic (exact) mass is 517 g/mol. The molecule has 0 bridgehead atoms. The first-order valence-corrected chi connectivity index (χ1v) is 14.9. The Morgan fingerprint density at radius 2 is 1.62 bits per heavy atom. The second-order valence-corrected chi connectivity index (χ2v) is 13.6. The minimum Gasteiger partial charge on any atom is -0.455 e. The van der Waals surface area contributed by atoms with Crippen molar-refractivity contribution in [3.63, 3.8) is 0 Å². The summed E-state index contributed by atoms with van der Waals surface area (Å²) in [4.78, 5) is 0. The molecule has 1 fully saturated rings. The lowest BCUT2D eigenvalue weighted by Gasteiger charge is -2.42. The second kappa shape index (κ2) is 8.68. The van der Waals surface area contributed by atoms with Crippen LogP contribution in [-0.2, 0) is 17.9 Å². The Labute approximate surface area is 234 Å². The third-order valence-electron chi connectivity index (χ3n) is 10.0. The molecule has 2 heteroatoms. The van der Waals surface area contributed by atoms with Gasteiger partial charge in [0.05, 0.1) is 5.56 Å². The van der Waals surface area contributed by atoms with Gasteiger partial charge in [0, 0.05) is 23.8 Å². The van der Waals surface area contributed by atoms with Crippen molar-refractivity contribution in [2.24, 2.45) is 7.05 Å². The summed E-state index contributed by atoms with van der Waals surface area (Å²) in [5.41, 5.74) is 9.85. The van der Waals surface area contributed by atoms with Gasteiger partial charge < -0.3 is 4.42 Å². The van der Waals surface area contributed by atoms with Gasteiger partial charge in [-0.25, -0.2) is 4.57 Å².